The minimum absolute atomic E-state index is 0.236. The van der Waals surface area contributed by atoms with Crippen LogP contribution in [0.1, 0.15) is 77.0 Å². The first kappa shape index (κ1) is 20.9. The number of carboxylic acid groups (broad SMARTS) is 1. The van der Waals surface area contributed by atoms with Crippen LogP contribution in [0.25, 0.3) is 11.2 Å². The Morgan fingerprint density at radius 3 is 2.33 bits per heavy atom. The summed E-state index contributed by atoms with van der Waals surface area (Å²) in [6, 6.07) is 0. The summed E-state index contributed by atoms with van der Waals surface area (Å²) in [7, 11) is 0. The Hall–Kier alpha value is -2.38. The van der Waals surface area contributed by atoms with Crippen molar-refractivity contribution in [1.29, 1.82) is 0 Å². The first-order valence-electron chi connectivity index (χ1n) is 11.4. The molecule has 8 heteroatoms. The highest BCUT2D eigenvalue weighted by Crippen LogP contribution is 2.53. The number of aryl methyl sites for hydroxylation is 1. The molecular weight excluding hydrogens is 384 g/mol. The van der Waals surface area contributed by atoms with Crippen molar-refractivity contribution in [3.63, 3.8) is 0 Å². The molecular formula is C22H32N4O4. The molecule has 8 nitrogen and oxygen atoms in total. The number of aliphatic carboxylic acids is 1. The Balaban J connectivity index is 1.67. The fourth-order valence-electron chi connectivity index (χ4n) is 5.86. The van der Waals surface area contributed by atoms with Crippen molar-refractivity contribution in [3.8, 4) is 0 Å². The minimum atomic E-state index is -0.717. The summed E-state index contributed by atoms with van der Waals surface area (Å²) >= 11 is 0. The standard InChI is InChI=1S/C22H32N4O4/c1-3-9-25-20-18(21(29)26(10-4-2)22(25)30)23-19(24-20)15-11-13-5-6-14(12-15)16(13)7-8-17(27)28/h13-16H,3-12H2,1-2H3,(H,23,24)(H,27,28)/t13-,14+,15?,16-. The van der Waals surface area contributed by atoms with Gasteiger partial charge in [-0.3, -0.25) is 18.7 Å². The van der Waals surface area contributed by atoms with Crippen LogP contribution in [0.3, 0.4) is 0 Å². The van der Waals surface area contributed by atoms with E-state index in [-0.39, 0.29) is 23.6 Å². The molecule has 2 aliphatic rings. The molecule has 2 saturated carbocycles. The number of hydrogen-bond acceptors (Lipinski definition) is 4. The van der Waals surface area contributed by atoms with E-state index in [9.17, 15) is 14.4 Å². The topological polar surface area (TPSA) is 110 Å². The monoisotopic (exact) mass is 416 g/mol. The highest BCUT2D eigenvalue weighted by molar-refractivity contribution is 5.70. The predicted molar refractivity (Wildman–Crippen MR) is 114 cm³/mol. The first-order valence-corrected chi connectivity index (χ1v) is 11.4. The maximum Gasteiger partial charge on any atom is 0.332 e. The van der Waals surface area contributed by atoms with Crippen molar-refractivity contribution in [3.05, 3.63) is 26.7 Å². The number of carbonyl (C=O) groups is 1. The van der Waals surface area contributed by atoms with Gasteiger partial charge in [-0.1, -0.05) is 13.8 Å². The molecule has 2 N–H and O–H groups in total. The molecule has 2 aliphatic carbocycles. The fraction of sp³-hybridized carbons (Fsp3) is 0.727. The van der Waals surface area contributed by atoms with E-state index in [1.807, 2.05) is 13.8 Å². The molecule has 0 radical (unpaired) electrons. The van der Waals surface area contributed by atoms with Gasteiger partial charge in [0.15, 0.2) is 5.65 Å². The zero-order valence-electron chi connectivity index (χ0n) is 17.9. The lowest BCUT2D eigenvalue weighted by molar-refractivity contribution is -0.137. The maximum absolute atomic E-state index is 13.0. The van der Waals surface area contributed by atoms with Gasteiger partial charge in [-0.25, -0.2) is 9.78 Å². The van der Waals surface area contributed by atoms with Crippen LogP contribution in [0.2, 0.25) is 0 Å². The van der Waals surface area contributed by atoms with E-state index >= 15 is 0 Å². The lowest BCUT2D eigenvalue weighted by Crippen LogP contribution is -2.40. The molecule has 2 aromatic heterocycles. The van der Waals surface area contributed by atoms with Gasteiger partial charge in [-0.15, -0.1) is 0 Å². The molecule has 0 spiro atoms. The van der Waals surface area contributed by atoms with Crippen LogP contribution < -0.4 is 11.2 Å². The second kappa shape index (κ2) is 8.40. The number of carboxylic acids is 1. The summed E-state index contributed by atoms with van der Waals surface area (Å²) in [6.07, 6.45) is 6.76. The number of fused-ring (bicyclic) bond motifs is 3. The maximum atomic E-state index is 13.0. The Bertz CT molecular complexity index is 1040. The summed E-state index contributed by atoms with van der Waals surface area (Å²) in [6.45, 7) is 4.91. The molecule has 1 unspecified atom stereocenters. The van der Waals surface area contributed by atoms with E-state index in [1.165, 1.54) is 4.57 Å². The van der Waals surface area contributed by atoms with Gasteiger partial charge in [0.1, 0.15) is 11.3 Å². The van der Waals surface area contributed by atoms with Crippen LogP contribution in [-0.4, -0.2) is 30.2 Å². The van der Waals surface area contributed by atoms with E-state index in [0.29, 0.717) is 42.0 Å². The molecule has 0 aliphatic heterocycles. The van der Waals surface area contributed by atoms with Gasteiger partial charge in [0.05, 0.1) is 0 Å². The molecule has 30 heavy (non-hydrogen) atoms. The SMILES string of the molecule is CCCn1c(=O)c2[nH]c(C3C[C@H]4CC[C@@H](C3)[C@@H]4CCC(=O)O)nc2n(CCC)c1=O. The van der Waals surface area contributed by atoms with Gasteiger partial charge in [-0.2, -0.15) is 0 Å². The summed E-state index contributed by atoms with van der Waals surface area (Å²) < 4.78 is 2.96. The average Bonchev–Trinajstić information content (AvgIpc) is 3.25. The molecule has 4 atom stereocenters. The number of hydrogen-bond donors (Lipinski definition) is 2. The van der Waals surface area contributed by atoms with Crippen molar-refractivity contribution in [1.82, 2.24) is 19.1 Å². The lowest BCUT2D eigenvalue weighted by Gasteiger charge is -2.34. The van der Waals surface area contributed by atoms with Crippen LogP contribution in [0.15, 0.2) is 9.59 Å². The van der Waals surface area contributed by atoms with Crippen molar-refractivity contribution in [2.24, 2.45) is 17.8 Å². The van der Waals surface area contributed by atoms with E-state index in [0.717, 1.165) is 50.8 Å². The number of aromatic nitrogens is 4. The smallest absolute Gasteiger partial charge is 0.332 e. The van der Waals surface area contributed by atoms with Gasteiger partial charge < -0.3 is 10.1 Å². The normalized spacial score (nSPS) is 25.8. The quantitative estimate of drug-likeness (QED) is 0.687. The molecule has 4 rings (SSSR count). The minimum Gasteiger partial charge on any atom is -0.481 e. The Labute approximate surface area is 175 Å². The first-order chi connectivity index (χ1) is 14.4. The van der Waals surface area contributed by atoms with Crippen molar-refractivity contribution >= 4 is 17.1 Å². The third-order valence-electron chi connectivity index (χ3n) is 7.15. The van der Waals surface area contributed by atoms with Gasteiger partial charge in [0.25, 0.3) is 5.56 Å². The molecule has 2 fully saturated rings. The fourth-order valence-corrected chi connectivity index (χ4v) is 5.86. The summed E-state index contributed by atoms with van der Waals surface area (Å²) in [5.41, 5.74) is 0.370. The second-order valence-corrected chi connectivity index (χ2v) is 9.07. The third kappa shape index (κ3) is 3.61. The predicted octanol–water partition coefficient (Wildman–Crippen LogP) is 3.09. The third-order valence-corrected chi connectivity index (χ3v) is 7.15. The highest BCUT2D eigenvalue weighted by atomic mass is 16.4. The number of aromatic amines is 1. The van der Waals surface area contributed by atoms with Gasteiger partial charge in [-0.05, 0) is 62.7 Å². The van der Waals surface area contributed by atoms with Gasteiger partial charge in [0, 0.05) is 25.4 Å². The van der Waals surface area contributed by atoms with E-state index in [4.69, 9.17) is 10.1 Å². The van der Waals surface area contributed by atoms with E-state index in [2.05, 4.69) is 4.98 Å². The van der Waals surface area contributed by atoms with E-state index < -0.39 is 5.97 Å². The van der Waals surface area contributed by atoms with Crippen LogP contribution >= 0.6 is 0 Å². The van der Waals surface area contributed by atoms with Crippen LogP contribution in [0.5, 0.6) is 0 Å². The molecule has 0 aromatic carbocycles. The zero-order chi connectivity index (χ0) is 21.4. The van der Waals surface area contributed by atoms with Crippen LogP contribution in [-0.2, 0) is 17.9 Å². The number of H-pyrrole nitrogens is 1. The Morgan fingerprint density at radius 2 is 1.73 bits per heavy atom. The van der Waals surface area contributed by atoms with Crippen LogP contribution in [0, 0.1) is 17.8 Å². The van der Waals surface area contributed by atoms with Crippen molar-refractivity contribution < 1.29 is 9.90 Å². The van der Waals surface area contributed by atoms with Gasteiger partial charge in [0.2, 0.25) is 0 Å². The molecule has 164 valence electrons. The Morgan fingerprint density at radius 1 is 1.10 bits per heavy atom. The molecule has 2 heterocycles. The van der Waals surface area contributed by atoms with Gasteiger partial charge >= 0.3 is 11.7 Å². The molecule has 0 amide bonds. The molecule has 2 aromatic rings. The lowest BCUT2D eigenvalue weighted by atomic mass is 9.71. The highest BCUT2D eigenvalue weighted by Gasteiger charge is 2.43. The summed E-state index contributed by atoms with van der Waals surface area (Å²) in [5.74, 6) is 1.87. The molecule has 0 saturated heterocycles. The van der Waals surface area contributed by atoms with Crippen molar-refractivity contribution in [2.75, 3.05) is 0 Å². The largest absolute Gasteiger partial charge is 0.481 e. The average molecular weight is 417 g/mol. The van der Waals surface area contributed by atoms with Crippen LogP contribution in [0.4, 0.5) is 0 Å². The number of rotatable bonds is 8. The molecule has 2 bridgehead atoms. The summed E-state index contributed by atoms with van der Waals surface area (Å²) in [4.78, 5) is 44.9. The van der Waals surface area contributed by atoms with E-state index in [1.54, 1.807) is 4.57 Å². The number of imidazole rings is 1. The zero-order valence-corrected chi connectivity index (χ0v) is 17.9. The number of nitrogens with one attached hydrogen (secondary N) is 1. The van der Waals surface area contributed by atoms with Crippen molar-refractivity contribution in [2.45, 2.75) is 84.2 Å². The second-order valence-electron chi connectivity index (χ2n) is 9.07. The summed E-state index contributed by atoms with van der Waals surface area (Å²) in [5, 5.41) is 9.05. The Kier molecular flexibility index (Phi) is 5.84. The number of nitrogens with zero attached hydrogens (tertiary/aromatic N) is 3.